The quantitative estimate of drug-likeness (QED) is 0.463. The van der Waals surface area contributed by atoms with Gasteiger partial charge in [-0.05, 0) is 41.0 Å². The van der Waals surface area contributed by atoms with Crippen molar-refractivity contribution in [2.45, 2.75) is 90.4 Å². The third-order valence-corrected chi connectivity index (χ3v) is 6.62. The van der Waals surface area contributed by atoms with Crippen LogP contribution in [0.2, 0.25) is 0 Å². The van der Waals surface area contributed by atoms with Crippen molar-refractivity contribution in [3.8, 4) is 6.07 Å². The first kappa shape index (κ1) is 18.5. The average Bonchev–Trinajstić information content (AvgIpc) is 2.99. The van der Waals surface area contributed by atoms with Crippen molar-refractivity contribution in [2.24, 2.45) is 0 Å². The van der Waals surface area contributed by atoms with Gasteiger partial charge in [-0.2, -0.15) is 5.26 Å². The molecule has 6 nitrogen and oxygen atoms in total. The molecule has 24 heavy (non-hydrogen) atoms. The van der Waals surface area contributed by atoms with E-state index in [0.29, 0.717) is 19.6 Å². The molecule has 2 unspecified atom stereocenters. The van der Waals surface area contributed by atoms with Crippen molar-refractivity contribution in [1.29, 1.82) is 5.26 Å². The fraction of sp³-hybridized carbons (Fsp3) is 0.941. The first-order chi connectivity index (χ1) is 11.7. The van der Waals surface area contributed by atoms with Crippen molar-refractivity contribution in [1.82, 2.24) is 4.67 Å². The number of nitrogens with zero attached hydrogens (tertiary/aromatic N) is 2. The van der Waals surface area contributed by atoms with Gasteiger partial charge >= 0.3 is 0 Å². The molecule has 2 rings (SSSR count). The van der Waals surface area contributed by atoms with Crippen LogP contribution < -0.4 is 0 Å². The average molecular weight is 359 g/mol. The van der Waals surface area contributed by atoms with Gasteiger partial charge in [0.25, 0.3) is 8.53 Å². The summed E-state index contributed by atoms with van der Waals surface area (Å²) in [7, 11) is -1.38. The molecular weight excluding hydrogens is 327 g/mol. The van der Waals surface area contributed by atoms with Crippen molar-refractivity contribution in [3.63, 3.8) is 0 Å². The zero-order valence-corrected chi connectivity index (χ0v) is 16.5. The molecule has 2 saturated heterocycles. The lowest BCUT2D eigenvalue weighted by atomic mass is 9.96. The van der Waals surface area contributed by atoms with Gasteiger partial charge in [0.05, 0.1) is 31.8 Å². The van der Waals surface area contributed by atoms with E-state index in [1.165, 1.54) is 0 Å². The summed E-state index contributed by atoms with van der Waals surface area (Å²) >= 11 is 0. The molecule has 0 aromatic rings. The summed E-state index contributed by atoms with van der Waals surface area (Å²) < 4.78 is 34.9. The van der Waals surface area contributed by atoms with Gasteiger partial charge < -0.3 is 18.5 Å². The predicted molar refractivity (Wildman–Crippen MR) is 93.4 cm³/mol. The molecule has 0 radical (unpaired) electrons. The van der Waals surface area contributed by atoms with E-state index < -0.39 is 20.5 Å². The van der Waals surface area contributed by atoms with E-state index in [4.69, 9.17) is 25.2 Å². The minimum atomic E-state index is -1.38. The monoisotopic (exact) mass is 359 g/mol. The second kappa shape index (κ2) is 8.40. The number of ether oxygens (including phenoxy) is 2. The fourth-order valence-electron chi connectivity index (χ4n) is 3.43. The molecule has 0 amide bonds. The van der Waals surface area contributed by atoms with Crippen LogP contribution in [0.4, 0.5) is 0 Å². The first-order valence-corrected chi connectivity index (χ1v) is 9.84. The van der Waals surface area contributed by atoms with Crippen LogP contribution in [-0.2, 0) is 18.5 Å². The molecule has 0 N–H and O–H groups in total. The summed E-state index contributed by atoms with van der Waals surface area (Å²) in [4.78, 5) is 0. The third-order valence-electron chi connectivity index (χ3n) is 4.50. The Labute approximate surface area is 148 Å². The number of hydrogen-bond donors (Lipinski definition) is 0. The number of fused-ring (bicyclic) bond motifs is 2. The third kappa shape index (κ3) is 3.93. The van der Waals surface area contributed by atoms with Crippen LogP contribution in [0.15, 0.2) is 0 Å². The Bertz CT molecular complexity index is 480. The van der Waals surface area contributed by atoms with Gasteiger partial charge in [0.15, 0.2) is 0 Å². The summed E-state index contributed by atoms with van der Waals surface area (Å²) in [5.74, 6) is 0. The Morgan fingerprint density at radius 3 is 2.58 bits per heavy atom. The van der Waals surface area contributed by atoms with Gasteiger partial charge in [0.1, 0.15) is 17.8 Å². The maximum Gasteiger partial charge on any atom is 0.259 e. The van der Waals surface area contributed by atoms with Crippen LogP contribution in [0.1, 0.15) is 55.7 Å². The molecule has 0 aromatic heterocycles. The Hall–Kier alpha value is -0.280. The van der Waals surface area contributed by atoms with Gasteiger partial charge in [-0.25, -0.2) is 4.67 Å². The van der Waals surface area contributed by atoms with Crippen molar-refractivity contribution >= 4 is 8.53 Å². The van der Waals surface area contributed by atoms with E-state index in [0.717, 1.165) is 0 Å². The van der Waals surface area contributed by atoms with Gasteiger partial charge in [-0.1, -0.05) is 6.92 Å². The predicted octanol–water partition coefficient (Wildman–Crippen LogP) is 3.61. The summed E-state index contributed by atoms with van der Waals surface area (Å²) in [5, 5.41) is 8.82. The second-order valence-electron chi connectivity index (χ2n) is 6.91. The highest BCUT2D eigenvalue weighted by Crippen LogP contribution is 2.54. The Kier molecular flexibility index (Phi) is 6.48. The lowest BCUT2D eigenvalue weighted by molar-refractivity contribution is -0.139. The van der Waals surface area contributed by atoms with Gasteiger partial charge in [0, 0.05) is 13.5 Å². The molecule has 2 bridgehead atoms. The van der Waals surface area contributed by atoms with Gasteiger partial charge in [-0.3, -0.25) is 0 Å². The van der Waals surface area contributed by atoms with Gasteiger partial charge in [0.2, 0.25) is 0 Å². The summed E-state index contributed by atoms with van der Waals surface area (Å²) in [6.45, 7) is 12.9. The lowest BCUT2D eigenvalue weighted by Crippen LogP contribution is -2.42. The molecule has 0 saturated carbocycles. The lowest BCUT2D eigenvalue weighted by Gasteiger charge is -2.38. The highest BCUT2D eigenvalue weighted by molar-refractivity contribution is 7.44. The molecule has 0 aromatic carbocycles. The largest absolute Gasteiger partial charge is 0.370 e. The fourth-order valence-corrected chi connectivity index (χ4v) is 5.22. The standard InChI is InChI=1S/C17H31N2O4P/c1-7-17-11-20-15(14(6)22-17)16(17)23-24(21-10-8-9-18)19(12(2)3)13(4)5/h12-16H,7-8,10-11H2,1-6H3/t14-,15+,16+,17+,24?/m0/s1/i7D/t7?,14-,15+,16+,17+,24?. The second-order valence-corrected chi connectivity index (χ2v) is 8.32. The molecular formula is C17H31N2O4P. The van der Waals surface area contributed by atoms with Gasteiger partial charge in [-0.15, -0.1) is 0 Å². The van der Waals surface area contributed by atoms with E-state index >= 15 is 0 Å². The molecule has 0 aliphatic carbocycles. The van der Waals surface area contributed by atoms with Crippen LogP contribution in [-0.4, -0.2) is 53.9 Å². The topological polar surface area (TPSA) is 64.0 Å². The number of nitriles is 1. The SMILES string of the molecule is [2H]C(C)[C@]12CO[C@H]([C@H](C)O1)[C@H]2OP(OCCC#N)N(C(C)C)C(C)C. The van der Waals surface area contributed by atoms with E-state index in [-0.39, 0.29) is 30.4 Å². The van der Waals surface area contributed by atoms with Crippen molar-refractivity contribution in [2.75, 3.05) is 13.2 Å². The van der Waals surface area contributed by atoms with E-state index in [1.54, 1.807) is 0 Å². The molecule has 0 spiro atoms. The van der Waals surface area contributed by atoms with Crippen molar-refractivity contribution in [3.05, 3.63) is 0 Å². The zero-order valence-electron chi connectivity index (χ0n) is 16.6. The maximum absolute atomic E-state index is 8.82. The Balaban J connectivity index is 2.21. The Morgan fingerprint density at radius 2 is 2.08 bits per heavy atom. The summed E-state index contributed by atoms with van der Waals surface area (Å²) in [5.41, 5.74) is -0.747. The molecule has 6 atom stereocenters. The van der Waals surface area contributed by atoms with Crippen LogP contribution in [0, 0.1) is 11.3 Å². The van der Waals surface area contributed by atoms with E-state index in [1.807, 2.05) is 13.8 Å². The molecule has 2 fully saturated rings. The summed E-state index contributed by atoms with van der Waals surface area (Å²) in [6.07, 6.45) is -0.755. The van der Waals surface area contributed by atoms with Crippen LogP contribution in [0.3, 0.4) is 0 Å². The first-order valence-electron chi connectivity index (χ1n) is 9.29. The molecule has 7 heteroatoms. The molecule has 2 aliphatic rings. The maximum atomic E-state index is 8.82. The van der Waals surface area contributed by atoms with E-state index in [9.17, 15) is 0 Å². The molecule has 2 heterocycles. The number of hydrogen-bond acceptors (Lipinski definition) is 6. The highest BCUT2D eigenvalue weighted by Gasteiger charge is 2.61. The van der Waals surface area contributed by atoms with Crippen molar-refractivity contribution < 1.29 is 19.9 Å². The highest BCUT2D eigenvalue weighted by atomic mass is 31.2. The zero-order chi connectivity index (χ0) is 18.8. The summed E-state index contributed by atoms with van der Waals surface area (Å²) in [6, 6.07) is 2.57. The minimum absolute atomic E-state index is 0.103. The van der Waals surface area contributed by atoms with Crippen LogP contribution >= 0.6 is 8.53 Å². The number of rotatable bonds is 9. The smallest absolute Gasteiger partial charge is 0.259 e. The van der Waals surface area contributed by atoms with Crippen LogP contribution in [0.25, 0.3) is 0 Å². The molecule has 2 aliphatic heterocycles. The Morgan fingerprint density at radius 1 is 1.42 bits per heavy atom. The van der Waals surface area contributed by atoms with Crippen LogP contribution in [0.5, 0.6) is 0 Å². The minimum Gasteiger partial charge on any atom is -0.370 e. The molecule has 138 valence electrons. The normalized spacial score (nSPS) is 35.5. The van der Waals surface area contributed by atoms with E-state index in [2.05, 4.69) is 38.4 Å².